The van der Waals surface area contributed by atoms with Gasteiger partial charge < -0.3 is 20.3 Å². The topological polar surface area (TPSA) is 92.6 Å². The van der Waals surface area contributed by atoms with Crippen molar-refractivity contribution >= 4 is 17.2 Å². The van der Waals surface area contributed by atoms with Gasteiger partial charge in [-0.15, -0.1) is 13.2 Å². The lowest BCUT2D eigenvalue weighted by molar-refractivity contribution is -0.384. The van der Waals surface area contributed by atoms with Crippen LogP contribution < -0.4 is 15.4 Å². The van der Waals surface area contributed by atoms with Gasteiger partial charge in [0, 0.05) is 30.8 Å². The molecule has 0 atom stereocenters. The van der Waals surface area contributed by atoms with Crippen LogP contribution in [0.3, 0.4) is 0 Å². The van der Waals surface area contributed by atoms with Gasteiger partial charge in [0.1, 0.15) is 23.5 Å². The first-order valence-corrected chi connectivity index (χ1v) is 12.0. The molecule has 0 unspecified atom stereocenters. The van der Waals surface area contributed by atoms with Crippen LogP contribution in [0.2, 0.25) is 0 Å². The van der Waals surface area contributed by atoms with Gasteiger partial charge in [-0.05, 0) is 63.6 Å². The van der Waals surface area contributed by atoms with Crippen LogP contribution in [0.1, 0.15) is 44.1 Å². The Kier molecular flexibility index (Phi) is 7.94. The smallest absolute Gasteiger partial charge is 0.405 e. The van der Waals surface area contributed by atoms with Crippen molar-refractivity contribution in [2.24, 2.45) is 5.92 Å². The average Bonchev–Trinajstić information content (AvgIpc) is 3.36. The lowest BCUT2D eigenvalue weighted by Crippen LogP contribution is -2.37. The van der Waals surface area contributed by atoms with Crippen molar-refractivity contribution in [3.8, 4) is 5.75 Å². The van der Waals surface area contributed by atoms with E-state index in [0.29, 0.717) is 30.0 Å². The summed E-state index contributed by atoms with van der Waals surface area (Å²) in [5, 5.41) is 17.7. The van der Waals surface area contributed by atoms with Crippen LogP contribution in [-0.2, 0) is 6.54 Å². The molecule has 35 heavy (non-hydrogen) atoms. The number of aromatic nitrogens is 1. The molecule has 2 fully saturated rings. The zero-order valence-electron chi connectivity index (χ0n) is 19.4. The van der Waals surface area contributed by atoms with Crippen molar-refractivity contribution in [3.63, 3.8) is 0 Å². The summed E-state index contributed by atoms with van der Waals surface area (Å²) >= 11 is 0. The van der Waals surface area contributed by atoms with Crippen LogP contribution in [0, 0.1) is 16.0 Å². The van der Waals surface area contributed by atoms with Crippen molar-refractivity contribution in [3.05, 3.63) is 52.2 Å². The van der Waals surface area contributed by atoms with E-state index in [1.54, 1.807) is 6.07 Å². The number of likely N-dealkylation sites (tertiary alicyclic amines) is 1. The summed E-state index contributed by atoms with van der Waals surface area (Å²) in [7, 11) is 0. The van der Waals surface area contributed by atoms with Gasteiger partial charge in [0.05, 0.1) is 4.92 Å². The quantitative estimate of drug-likeness (QED) is 0.349. The SMILES string of the molecule is O=[N+]([O-])c1cnc(NCc2ccccc2OC(F)(F)F)cc1NC[C@H]1CC[C@H](N2CCCC2)CC1. The highest BCUT2D eigenvalue weighted by atomic mass is 19.4. The maximum absolute atomic E-state index is 12.7. The zero-order chi connectivity index (χ0) is 24.8. The van der Waals surface area contributed by atoms with Gasteiger partial charge >= 0.3 is 12.0 Å². The average molecular weight is 494 g/mol. The molecule has 0 bridgehead atoms. The van der Waals surface area contributed by atoms with E-state index < -0.39 is 11.3 Å². The number of nitrogens with one attached hydrogen (secondary N) is 2. The molecule has 2 aromatic rings. The van der Waals surface area contributed by atoms with Crippen molar-refractivity contribution in [1.82, 2.24) is 9.88 Å². The second-order valence-corrected chi connectivity index (χ2v) is 9.15. The second-order valence-electron chi connectivity index (χ2n) is 9.15. The van der Waals surface area contributed by atoms with E-state index in [0.717, 1.165) is 31.9 Å². The first-order chi connectivity index (χ1) is 16.8. The number of halogens is 3. The molecule has 1 aliphatic carbocycles. The molecule has 8 nitrogen and oxygen atoms in total. The molecule has 1 aromatic heterocycles. The van der Waals surface area contributed by atoms with Crippen LogP contribution in [0.25, 0.3) is 0 Å². The highest BCUT2D eigenvalue weighted by molar-refractivity contribution is 5.65. The maximum Gasteiger partial charge on any atom is 0.573 e. The Labute approximate surface area is 202 Å². The van der Waals surface area contributed by atoms with Gasteiger partial charge in [-0.1, -0.05) is 18.2 Å². The number of rotatable bonds is 9. The summed E-state index contributed by atoms with van der Waals surface area (Å²) in [5.74, 6) is 0.444. The lowest BCUT2D eigenvalue weighted by Gasteiger charge is -2.34. The molecule has 0 radical (unpaired) electrons. The molecular formula is C24H30F3N5O3. The molecule has 1 aromatic carbocycles. The molecule has 1 aliphatic heterocycles. The minimum absolute atomic E-state index is 0.0109. The fraction of sp³-hybridized carbons (Fsp3) is 0.542. The number of nitro groups is 1. The Morgan fingerprint density at radius 2 is 1.83 bits per heavy atom. The molecule has 4 rings (SSSR count). The highest BCUT2D eigenvalue weighted by Crippen LogP contribution is 2.32. The van der Waals surface area contributed by atoms with Gasteiger partial charge in [0.25, 0.3) is 0 Å². The third-order valence-corrected chi connectivity index (χ3v) is 6.79. The second kappa shape index (κ2) is 11.1. The molecule has 0 spiro atoms. The van der Waals surface area contributed by atoms with Gasteiger partial charge in [-0.3, -0.25) is 10.1 Å². The number of alkyl halides is 3. The van der Waals surface area contributed by atoms with Crippen molar-refractivity contribution in [2.45, 2.75) is 57.5 Å². The number of nitrogens with zero attached hydrogens (tertiary/aromatic N) is 3. The largest absolute Gasteiger partial charge is 0.573 e. The maximum atomic E-state index is 12.7. The molecule has 2 heterocycles. The Balaban J connectivity index is 1.36. The summed E-state index contributed by atoms with van der Waals surface area (Å²) in [6, 6.07) is 7.99. The van der Waals surface area contributed by atoms with Crippen molar-refractivity contribution < 1.29 is 22.8 Å². The number of benzene rings is 1. The minimum Gasteiger partial charge on any atom is -0.405 e. The minimum atomic E-state index is -4.80. The molecule has 2 aliphatic rings. The van der Waals surface area contributed by atoms with Gasteiger partial charge in [-0.25, -0.2) is 4.98 Å². The standard InChI is InChI=1S/C24H30F3N5O3/c25-24(26,27)35-22-6-2-1-5-18(22)15-29-23-13-20(21(16-30-23)32(33)34)28-14-17-7-9-19(10-8-17)31-11-3-4-12-31/h1-2,5-6,13,16-17,19H,3-4,7-12,14-15H2,(H2,28,29,30)/t17-,19-. The van der Waals surface area contributed by atoms with Crippen LogP contribution >= 0.6 is 0 Å². The molecule has 0 amide bonds. The van der Waals surface area contributed by atoms with E-state index in [9.17, 15) is 23.3 Å². The molecule has 11 heteroatoms. The molecular weight excluding hydrogens is 463 g/mol. The number of ether oxygens (including phenoxy) is 1. The van der Waals surface area contributed by atoms with Crippen molar-refractivity contribution in [1.29, 1.82) is 0 Å². The van der Waals surface area contributed by atoms with Crippen LogP contribution in [-0.4, -0.2) is 46.8 Å². The van der Waals surface area contributed by atoms with Crippen molar-refractivity contribution in [2.75, 3.05) is 30.3 Å². The first-order valence-electron chi connectivity index (χ1n) is 12.0. The summed E-state index contributed by atoms with van der Waals surface area (Å²) in [4.78, 5) is 17.7. The number of pyridine rings is 1. The number of hydrogen-bond donors (Lipinski definition) is 2. The molecule has 190 valence electrons. The Morgan fingerprint density at radius 3 is 2.51 bits per heavy atom. The molecule has 2 N–H and O–H groups in total. The highest BCUT2D eigenvalue weighted by Gasteiger charge is 2.32. The number of para-hydroxylation sites is 1. The van der Waals surface area contributed by atoms with E-state index in [4.69, 9.17) is 0 Å². The van der Waals surface area contributed by atoms with Crippen LogP contribution in [0.4, 0.5) is 30.4 Å². The van der Waals surface area contributed by atoms with E-state index in [-0.39, 0.29) is 23.5 Å². The number of anilines is 2. The van der Waals surface area contributed by atoms with Crippen LogP contribution in [0.15, 0.2) is 36.5 Å². The summed E-state index contributed by atoms with van der Waals surface area (Å²) < 4.78 is 42.1. The number of hydrogen-bond acceptors (Lipinski definition) is 7. The summed E-state index contributed by atoms with van der Waals surface area (Å²) in [6.07, 6.45) is 3.38. The van der Waals surface area contributed by atoms with E-state index in [1.165, 1.54) is 50.2 Å². The Morgan fingerprint density at radius 1 is 1.11 bits per heavy atom. The van der Waals surface area contributed by atoms with Gasteiger partial charge in [0.2, 0.25) is 0 Å². The third kappa shape index (κ3) is 6.97. The zero-order valence-corrected chi connectivity index (χ0v) is 19.4. The fourth-order valence-corrected chi connectivity index (χ4v) is 4.97. The molecule has 1 saturated heterocycles. The van der Waals surface area contributed by atoms with E-state index in [2.05, 4.69) is 25.3 Å². The Bertz CT molecular complexity index is 1010. The summed E-state index contributed by atoms with van der Waals surface area (Å²) in [6.45, 7) is 3.02. The predicted molar refractivity (Wildman–Crippen MR) is 126 cm³/mol. The predicted octanol–water partition coefficient (Wildman–Crippen LogP) is 5.57. The van der Waals surface area contributed by atoms with Gasteiger partial charge in [0.15, 0.2) is 0 Å². The Hall–Kier alpha value is -3.08. The van der Waals surface area contributed by atoms with E-state index >= 15 is 0 Å². The molecule has 1 saturated carbocycles. The fourth-order valence-electron chi connectivity index (χ4n) is 4.97. The third-order valence-electron chi connectivity index (χ3n) is 6.79. The lowest BCUT2D eigenvalue weighted by atomic mass is 9.85. The van der Waals surface area contributed by atoms with Gasteiger partial charge in [-0.2, -0.15) is 0 Å². The summed E-state index contributed by atoms with van der Waals surface area (Å²) in [5.41, 5.74) is 0.491. The van der Waals surface area contributed by atoms with Crippen LogP contribution in [0.5, 0.6) is 5.75 Å². The normalized spacial score (nSPS) is 21.0. The monoisotopic (exact) mass is 493 g/mol. The first kappa shape index (κ1) is 25.0. The van der Waals surface area contributed by atoms with E-state index in [1.807, 2.05) is 0 Å².